The van der Waals surface area contributed by atoms with E-state index in [1.807, 2.05) is 24.1 Å². The van der Waals surface area contributed by atoms with Gasteiger partial charge in [0.15, 0.2) is 5.78 Å². The van der Waals surface area contributed by atoms with Crippen LogP contribution >= 0.6 is 0 Å². The van der Waals surface area contributed by atoms with E-state index >= 15 is 0 Å². The number of hydrogen-bond donors (Lipinski definition) is 0. The third kappa shape index (κ3) is 3.44. The summed E-state index contributed by atoms with van der Waals surface area (Å²) in [6, 6.07) is 3.80. The van der Waals surface area contributed by atoms with E-state index in [0.717, 1.165) is 32.4 Å². The number of piperidine rings is 1. The first kappa shape index (κ1) is 14.7. The van der Waals surface area contributed by atoms with Crippen LogP contribution < -0.4 is 0 Å². The van der Waals surface area contributed by atoms with E-state index in [9.17, 15) is 9.59 Å². The normalized spacial score (nSPS) is 16.2. The number of likely N-dealkylation sites (tertiary alicyclic amines) is 1. The predicted octanol–water partition coefficient (Wildman–Crippen LogP) is 2.79. The highest BCUT2D eigenvalue weighted by Crippen LogP contribution is 2.27. The van der Waals surface area contributed by atoms with Crippen molar-refractivity contribution in [2.24, 2.45) is 0 Å². The fourth-order valence-electron chi connectivity index (χ4n) is 2.69. The Balaban J connectivity index is 1.93. The Hall–Kier alpha value is -1.71. The summed E-state index contributed by atoms with van der Waals surface area (Å²) in [4.78, 5) is 29.2. The maximum atomic E-state index is 11.8. The molecule has 4 nitrogen and oxygen atoms in total. The molecule has 1 fully saturated rings. The summed E-state index contributed by atoms with van der Waals surface area (Å²) in [6.45, 7) is 5.22. The number of carbonyl (C=O) groups is 2. The van der Waals surface area contributed by atoms with Gasteiger partial charge >= 0.3 is 0 Å². The van der Waals surface area contributed by atoms with Crippen LogP contribution in [0.5, 0.6) is 0 Å². The molecule has 1 saturated heterocycles. The lowest BCUT2D eigenvalue weighted by Gasteiger charge is -2.32. The molecule has 1 aliphatic rings. The predicted molar refractivity (Wildman–Crippen MR) is 77.7 cm³/mol. The van der Waals surface area contributed by atoms with E-state index in [1.165, 1.54) is 12.5 Å². The molecule has 0 spiro atoms. The van der Waals surface area contributed by atoms with Gasteiger partial charge in [0, 0.05) is 32.6 Å². The molecule has 0 aromatic carbocycles. The van der Waals surface area contributed by atoms with Gasteiger partial charge in [-0.15, -0.1) is 0 Å². The van der Waals surface area contributed by atoms with Gasteiger partial charge < -0.3 is 4.90 Å². The van der Waals surface area contributed by atoms with Gasteiger partial charge in [-0.05, 0) is 36.8 Å². The van der Waals surface area contributed by atoms with Gasteiger partial charge in [0.05, 0.1) is 0 Å². The minimum Gasteiger partial charge on any atom is -0.343 e. The molecule has 0 unspecified atom stereocenters. The van der Waals surface area contributed by atoms with Crippen molar-refractivity contribution in [2.75, 3.05) is 13.1 Å². The van der Waals surface area contributed by atoms with Crippen LogP contribution in [0.1, 0.15) is 61.5 Å². The van der Waals surface area contributed by atoms with Crippen LogP contribution in [0.15, 0.2) is 18.3 Å². The zero-order valence-electron chi connectivity index (χ0n) is 12.3. The van der Waals surface area contributed by atoms with Crippen LogP contribution in [0.25, 0.3) is 0 Å². The van der Waals surface area contributed by atoms with Gasteiger partial charge in [-0.3, -0.25) is 14.6 Å². The zero-order valence-corrected chi connectivity index (χ0v) is 12.3. The first-order chi connectivity index (χ1) is 9.61. The molecule has 0 radical (unpaired) electrons. The summed E-state index contributed by atoms with van der Waals surface area (Å²) in [7, 11) is 0. The quantitative estimate of drug-likeness (QED) is 0.793. The molecule has 0 aliphatic carbocycles. The summed E-state index contributed by atoms with van der Waals surface area (Å²) in [5.74, 6) is 0.724. The molecule has 0 atom stereocenters. The summed E-state index contributed by atoms with van der Waals surface area (Å²) in [6.07, 6.45) is 5.34. The van der Waals surface area contributed by atoms with Gasteiger partial charge in [-0.1, -0.05) is 13.0 Å². The van der Waals surface area contributed by atoms with E-state index in [0.29, 0.717) is 18.0 Å². The summed E-state index contributed by atoms with van der Waals surface area (Å²) < 4.78 is 0. The number of amides is 1. The lowest BCUT2D eigenvalue weighted by Crippen LogP contribution is -2.37. The van der Waals surface area contributed by atoms with E-state index < -0.39 is 0 Å². The van der Waals surface area contributed by atoms with E-state index in [-0.39, 0.29) is 11.7 Å². The second-order valence-electron chi connectivity index (χ2n) is 5.44. The molecule has 0 saturated carbocycles. The van der Waals surface area contributed by atoms with Crippen molar-refractivity contribution in [3.63, 3.8) is 0 Å². The van der Waals surface area contributed by atoms with Gasteiger partial charge in [0.2, 0.25) is 5.91 Å². The number of aromatic nitrogens is 1. The Labute approximate surface area is 120 Å². The largest absolute Gasteiger partial charge is 0.343 e. The molecule has 1 aromatic heterocycles. The summed E-state index contributed by atoms with van der Waals surface area (Å²) >= 11 is 0. The minimum absolute atomic E-state index is 0.00321. The molecule has 4 heteroatoms. The average Bonchev–Trinajstić information content (AvgIpc) is 2.48. The number of ketones is 1. The van der Waals surface area contributed by atoms with Gasteiger partial charge in [0.1, 0.15) is 5.69 Å². The first-order valence-electron chi connectivity index (χ1n) is 7.36. The molecule has 0 N–H and O–H groups in total. The third-order valence-electron chi connectivity index (χ3n) is 3.93. The number of carbonyl (C=O) groups excluding carboxylic acids is 2. The second kappa shape index (κ2) is 6.64. The summed E-state index contributed by atoms with van der Waals surface area (Å²) in [5.41, 5.74) is 1.70. The first-order valence-corrected chi connectivity index (χ1v) is 7.36. The van der Waals surface area contributed by atoms with Gasteiger partial charge in [-0.25, -0.2) is 0 Å². The standard InChI is InChI=1S/C16H22N2O2/c1-3-4-16(20)18-9-7-13(8-10-18)14-5-6-15(12(2)19)17-11-14/h5-6,11,13H,3-4,7-10H2,1-2H3. The Morgan fingerprint density at radius 3 is 2.50 bits per heavy atom. The monoisotopic (exact) mass is 274 g/mol. The van der Waals surface area contributed by atoms with Crippen LogP contribution in [0.2, 0.25) is 0 Å². The smallest absolute Gasteiger partial charge is 0.222 e. The van der Waals surface area contributed by atoms with E-state index in [4.69, 9.17) is 0 Å². The lowest BCUT2D eigenvalue weighted by atomic mass is 9.90. The topological polar surface area (TPSA) is 50.3 Å². The molecule has 0 bridgehead atoms. The van der Waals surface area contributed by atoms with E-state index in [2.05, 4.69) is 4.98 Å². The molecule has 1 amide bonds. The van der Waals surface area contributed by atoms with Crippen molar-refractivity contribution >= 4 is 11.7 Å². The number of rotatable bonds is 4. The van der Waals surface area contributed by atoms with E-state index in [1.54, 1.807) is 6.07 Å². The van der Waals surface area contributed by atoms with Crippen LogP contribution in [0.3, 0.4) is 0 Å². The molecular weight excluding hydrogens is 252 g/mol. The van der Waals surface area contributed by atoms with Crippen LogP contribution in [0.4, 0.5) is 0 Å². The average molecular weight is 274 g/mol. The van der Waals surface area contributed by atoms with Crippen molar-refractivity contribution in [1.82, 2.24) is 9.88 Å². The van der Waals surface area contributed by atoms with Crippen molar-refractivity contribution in [3.8, 4) is 0 Å². The maximum Gasteiger partial charge on any atom is 0.222 e. The number of pyridine rings is 1. The lowest BCUT2D eigenvalue weighted by molar-refractivity contribution is -0.132. The highest BCUT2D eigenvalue weighted by molar-refractivity contribution is 5.91. The SMILES string of the molecule is CCCC(=O)N1CCC(c2ccc(C(C)=O)nc2)CC1. The van der Waals surface area contributed by atoms with Crippen molar-refractivity contribution < 1.29 is 9.59 Å². The molecule has 1 aromatic rings. The number of Topliss-reactive ketones (excluding diaryl/α,β-unsaturated/α-hetero) is 1. The zero-order chi connectivity index (χ0) is 14.5. The van der Waals surface area contributed by atoms with Crippen molar-refractivity contribution in [1.29, 1.82) is 0 Å². The highest BCUT2D eigenvalue weighted by Gasteiger charge is 2.23. The Bertz CT molecular complexity index is 474. The van der Waals surface area contributed by atoms with Gasteiger partial charge in [-0.2, -0.15) is 0 Å². The fourth-order valence-corrected chi connectivity index (χ4v) is 2.69. The Morgan fingerprint density at radius 1 is 1.30 bits per heavy atom. The number of hydrogen-bond acceptors (Lipinski definition) is 3. The Kier molecular flexibility index (Phi) is 4.88. The minimum atomic E-state index is -0.00321. The molecule has 2 heterocycles. The number of nitrogens with zero attached hydrogens (tertiary/aromatic N) is 2. The van der Waals surface area contributed by atoms with Crippen LogP contribution in [0, 0.1) is 0 Å². The summed E-state index contributed by atoms with van der Waals surface area (Å²) in [5, 5.41) is 0. The molecule has 108 valence electrons. The fraction of sp³-hybridized carbons (Fsp3) is 0.562. The molecular formula is C16H22N2O2. The second-order valence-corrected chi connectivity index (χ2v) is 5.44. The van der Waals surface area contributed by atoms with Crippen molar-refractivity contribution in [3.05, 3.63) is 29.6 Å². The molecule has 1 aliphatic heterocycles. The molecule has 20 heavy (non-hydrogen) atoms. The van der Waals surface area contributed by atoms with Crippen molar-refractivity contribution in [2.45, 2.75) is 45.4 Å². The third-order valence-corrected chi connectivity index (χ3v) is 3.93. The molecule has 2 rings (SSSR count). The maximum absolute atomic E-state index is 11.8. The van der Waals surface area contributed by atoms with Crippen LogP contribution in [-0.4, -0.2) is 34.7 Å². The Morgan fingerprint density at radius 2 is 2.00 bits per heavy atom. The van der Waals surface area contributed by atoms with Crippen LogP contribution in [-0.2, 0) is 4.79 Å². The highest BCUT2D eigenvalue weighted by atomic mass is 16.2. The van der Waals surface area contributed by atoms with Gasteiger partial charge in [0.25, 0.3) is 0 Å².